The zero-order chi connectivity index (χ0) is 16.5. The summed E-state index contributed by atoms with van der Waals surface area (Å²) in [6.07, 6.45) is 5.99. The lowest BCUT2D eigenvalue weighted by Gasteiger charge is -2.11. The molecular weight excluding hydrogens is 300 g/mol. The van der Waals surface area contributed by atoms with Crippen LogP contribution < -0.4 is 0 Å². The molecule has 116 valence electrons. The van der Waals surface area contributed by atoms with Gasteiger partial charge in [-0.2, -0.15) is 0 Å². The van der Waals surface area contributed by atoms with Crippen molar-refractivity contribution in [2.75, 3.05) is 0 Å². The highest BCUT2D eigenvalue weighted by atomic mass is 16.6. The summed E-state index contributed by atoms with van der Waals surface area (Å²) in [7, 11) is 0. The Balaban J connectivity index is 1.87. The highest BCUT2D eigenvalue weighted by Crippen LogP contribution is 2.40. The molecule has 3 aromatic rings. The van der Waals surface area contributed by atoms with Gasteiger partial charge in [0.1, 0.15) is 0 Å². The molecule has 0 spiro atoms. The molecule has 1 aromatic heterocycles. The maximum atomic E-state index is 11.3. The minimum atomic E-state index is -0.350. The van der Waals surface area contributed by atoms with Crippen LogP contribution in [0.1, 0.15) is 16.7 Å². The number of hydrogen-bond acceptors (Lipinski definition) is 3. The van der Waals surface area contributed by atoms with Gasteiger partial charge in [0.15, 0.2) is 0 Å². The Hall–Kier alpha value is -3.27. The topological polar surface area (TPSA) is 56.0 Å². The molecule has 0 unspecified atom stereocenters. The predicted octanol–water partition coefficient (Wildman–Crippen LogP) is 4.64. The van der Waals surface area contributed by atoms with E-state index in [1.807, 2.05) is 30.3 Å². The molecule has 4 heteroatoms. The number of benzene rings is 2. The third-order valence-corrected chi connectivity index (χ3v) is 4.35. The monoisotopic (exact) mass is 314 g/mol. The number of aromatic nitrogens is 1. The fourth-order valence-electron chi connectivity index (χ4n) is 3.27. The molecule has 0 saturated heterocycles. The van der Waals surface area contributed by atoms with Gasteiger partial charge in [-0.3, -0.25) is 15.1 Å². The largest absolute Gasteiger partial charge is 0.280 e. The van der Waals surface area contributed by atoms with Crippen molar-refractivity contribution in [1.82, 2.24) is 4.98 Å². The lowest BCUT2D eigenvalue weighted by atomic mass is 9.93. The predicted molar refractivity (Wildman–Crippen MR) is 93.6 cm³/mol. The zero-order valence-electron chi connectivity index (χ0n) is 12.8. The third-order valence-electron chi connectivity index (χ3n) is 4.35. The van der Waals surface area contributed by atoms with E-state index in [-0.39, 0.29) is 10.6 Å². The van der Waals surface area contributed by atoms with Gasteiger partial charge < -0.3 is 0 Å². The van der Waals surface area contributed by atoms with E-state index in [1.165, 1.54) is 17.8 Å². The van der Waals surface area contributed by atoms with Crippen molar-refractivity contribution in [3.8, 4) is 11.1 Å². The summed E-state index contributed by atoms with van der Waals surface area (Å²) in [6, 6.07) is 17.6. The van der Waals surface area contributed by atoms with Crippen molar-refractivity contribution >= 4 is 11.3 Å². The maximum absolute atomic E-state index is 11.3. The number of rotatable bonds is 3. The van der Waals surface area contributed by atoms with E-state index in [0.29, 0.717) is 5.56 Å². The molecule has 0 bridgehead atoms. The van der Waals surface area contributed by atoms with Gasteiger partial charge in [-0.25, -0.2) is 0 Å². The van der Waals surface area contributed by atoms with Crippen molar-refractivity contribution in [2.45, 2.75) is 6.42 Å². The Morgan fingerprint density at radius 1 is 0.917 bits per heavy atom. The Morgan fingerprint density at radius 3 is 2.50 bits per heavy atom. The van der Waals surface area contributed by atoms with E-state index in [0.717, 1.165) is 28.7 Å². The van der Waals surface area contributed by atoms with Crippen molar-refractivity contribution in [2.24, 2.45) is 0 Å². The quantitative estimate of drug-likeness (QED) is 0.522. The standard InChI is InChI=1S/C20H14N2O2/c23-22(24)20-11-12-21-13-19(20)17-8-4-7-16-15(9-10-18(16)17)14-5-2-1-3-6-14/h1-9,11-13H,10H2. The van der Waals surface area contributed by atoms with Crippen LogP contribution in [0, 0.1) is 10.1 Å². The number of nitrogens with zero attached hydrogens (tertiary/aromatic N) is 2. The van der Waals surface area contributed by atoms with Crippen LogP contribution in [0.3, 0.4) is 0 Å². The molecule has 0 aliphatic heterocycles. The van der Waals surface area contributed by atoms with Gasteiger partial charge in [0.25, 0.3) is 5.69 Å². The number of pyridine rings is 1. The molecular formula is C20H14N2O2. The van der Waals surface area contributed by atoms with Crippen LogP contribution in [0.5, 0.6) is 0 Å². The highest BCUT2D eigenvalue weighted by molar-refractivity contribution is 5.89. The van der Waals surface area contributed by atoms with E-state index in [1.54, 1.807) is 6.20 Å². The fraction of sp³-hybridized carbons (Fsp3) is 0.0500. The minimum Gasteiger partial charge on any atom is -0.264 e. The second kappa shape index (κ2) is 5.74. The van der Waals surface area contributed by atoms with Gasteiger partial charge in [0, 0.05) is 18.5 Å². The molecule has 4 rings (SSSR count). The van der Waals surface area contributed by atoms with Gasteiger partial charge in [-0.15, -0.1) is 0 Å². The van der Waals surface area contributed by atoms with Gasteiger partial charge in [0.2, 0.25) is 0 Å². The first-order valence-electron chi connectivity index (χ1n) is 7.72. The molecule has 24 heavy (non-hydrogen) atoms. The Labute approximate surface area is 139 Å². The normalized spacial score (nSPS) is 12.6. The molecule has 4 nitrogen and oxygen atoms in total. The SMILES string of the molecule is O=[N+]([O-])c1ccncc1-c1cccc2c1CC=C2c1ccccc1. The molecule has 0 fully saturated rings. The summed E-state index contributed by atoms with van der Waals surface area (Å²) >= 11 is 0. The van der Waals surface area contributed by atoms with Crippen LogP contribution >= 0.6 is 0 Å². The smallest absolute Gasteiger partial charge is 0.264 e. The van der Waals surface area contributed by atoms with E-state index in [4.69, 9.17) is 0 Å². The molecule has 0 radical (unpaired) electrons. The molecule has 1 aliphatic rings. The number of hydrogen-bond donors (Lipinski definition) is 0. The molecule has 0 N–H and O–H groups in total. The number of fused-ring (bicyclic) bond motifs is 1. The third kappa shape index (κ3) is 2.29. The maximum Gasteiger partial charge on any atom is 0.280 e. The van der Waals surface area contributed by atoms with Crippen LogP contribution in [-0.4, -0.2) is 9.91 Å². The van der Waals surface area contributed by atoms with Crippen LogP contribution in [0.25, 0.3) is 16.7 Å². The first-order valence-corrected chi connectivity index (χ1v) is 7.72. The van der Waals surface area contributed by atoms with Gasteiger partial charge >= 0.3 is 0 Å². The molecule has 1 heterocycles. The summed E-state index contributed by atoms with van der Waals surface area (Å²) < 4.78 is 0. The average Bonchev–Trinajstić information content (AvgIpc) is 3.06. The number of allylic oxidation sites excluding steroid dienone is 1. The van der Waals surface area contributed by atoms with Gasteiger partial charge in [-0.1, -0.05) is 54.6 Å². The summed E-state index contributed by atoms with van der Waals surface area (Å²) in [6.45, 7) is 0. The summed E-state index contributed by atoms with van der Waals surface area (Å²) in [5.41, 5.74) is 6.14. The number of nitro groups is 1. The summed E-state index contributed by atoms with van der Waals surface area (Å²) in [4.78, 5) is 15.1. The van der Waals surface area contributed by atoms with Crippen LogP contribution in [0.4, 0.5) is 5.69 Å². The lowest BCUT2D eigenvalue weighted by molar-refractivity contribution is -0.384. The van der Waals surface area contributed by atoms with Crippen LogP contribution in [0.2, 0.25) is 0 Å². The zero-order valence-corrected chi connectivity index (χ0v) is 12.8. The van der Waals surface area contributed by atoms with Crippen LogP contribution in [0.15, 0.2) is 73.1 Å². The molecule has 0 atom stereocenters. The van der Waals surface area contributed by atoms with Gasteiger partial charge in [-0.05, 0) is 34.2 Å². The van der Waals surface area contributed by atoms with Crippen molar-refractivity contribution in [3.63, 3.8) is 0 Å². The molecule has 0 saturated carbocycles. The molecule has 0 amide bonds. The van der Waals surface area contributed by atoms with Gasteiger partial charge in [0.05, 0.1) is 10.5 Å². The summed E-state index contributed by atoms with van der Waals surface area (Å²) in [5.74, 6) is 0. The highest BCUT2D eigenvalue weighted by Gasteiger charge is 2.23. The second-order valence-corrected chi connectivity index (χ2v) is 5.67. The Bertz CT molecular complexity index is 962. The van der Waals surface area contributed by atoms with Crippen LogP contribution in [-0.2, 0) is 6.42 Å². The molecule has 1 aliphatic carbocycles. The van der Waals surface area contributed by atoms with E-state index in [2.05, 4.69) is 29.3 Å². The van der Waals surface area contributed by atoms with Crippen molar-refractivity contribution in [3.05, 3.63) is 99.9 Å². The lowest BCUT2D eigenvalue weighted by Crippen LogP contribution is -1.96. The summed E-state index contributed by atoms with van der Waals surface area (Å²) in [5, 5.41) is 11.3. The second-order valence-electron chi connectivity index (χ2n) is 5.67. The van der Waals surface area contributed by atoms with E-state index in [9.17, 15) is 10.1 Å². The Morgan fingerprint density at radius 2 is 1.71 bits per heavy atom. The average molecular weight is 314 g/mol. The van der Waals surface area contributed by atoms with E-state index >= 15 is 0 Å². The van der Waals surface area contributed by atoms with E-state index < -0.39 is 0 Å². The minimum absolute atomic E-state index is 0.0894. The first-order chi connectivity index (χ1) is 11.8. The first kappa shape index (κ1) is 14.3. The fourth-order valence-corrected chi connectivity index (χ4v) is 3.27. The van der Waals surface area contributed by atoms with Crippen molar-refractivity contribution in [1.29, 1.82) is 0 Å². The Kier molecular flexibility index (Phi) is 3.43. The van der Waals surface area contributed by atoms with Crippen molar-refractivity contribution < 1.29 is 4.92 Å². The molecule has 2 aromatic carbocycles.